The number of rotatable bonds is 5. The van der Waals surface area contributed by atoms with E-state index in [-0.39, 0.29) is 0 Å². The lowest BCUT2D eigenvalue weighted by Gasteiger charge is -2.13. The molecule has 0 aliphatic carbocycles. The van der Waals surface area contributed by atoms with E-state index in [9.17, 15) is 0 Å². The molecule has 0 amide bonds. The summed E-state index contributed by atoms with van der Waals surface area (Å²) in [5, 5.41) is 9.30. The summed E-state index contributed by atoms with van der Waals surface area (Å²) in [6, 6.07) is 68.7. The van der Waals surface area contributed by atoms with Gasteiger partial charge in [0.2, 0.25) is 0 Å². The van der Waals surface area contributed by atoms with Gasteiger partial charge in [0.1, 0.15) is 0 Å². The van der Waals surface area contributed by atoms with Crippen LogP contribution in [-0.4, -0.2) is 19.5 Å². The summed E-state index contributed by atoms with van der Waals surface area (Å²) in [6.07, 6.45) is 0. The molecule has 0 aliphatic rings. The van der Waals surface area contributed by atoms with E-state index in [1.807, 2.05) is 18.2 Å². The highest BCUT2D eigenvalue weighted by atomic mass is 15.0. The molecule has 2 heterocycles. The van der Waals surface area contributed by atoms with Gasteiger partial charge >= 0.3 is 0 Å². The molecule has 0 radical (unpaired) electrons. The zero-order valence-corrected chi connectivity index (χ0v) is 29.8. The summed E-state index contributed by atoms with van der Waals surface area (Å²) in [5.41, 5.74) is 8.47. The monoisotopic (exact) mass is 700 g/mol. The smallest absolute Gasteiger partial charge is 0.164 e. The second-order valence-electron chi connectivity index (χ2n) is 14.1. The minimum atomic E-state index is 0.634. The molecular formula is C51H32N4. The van der Waals surface area contributed by atoms with Crippen molar-refractivity contribution in [3.05, 3.63) is 194 Å². The number of aromatic nitrogens is 4. The molecule has 0 bridgehead atoms. The van der Waals surface area contributed by atoms with Gasteiger partial charge in [0.05, 0.1) is 11.0 Å². The maximum Gasteiger partial charge on any atom is 0.164 e. The number of benzene rings is 9. The highest BCUT2D eigenvalue weighted by Crippen LogP contribution is 2.41. The Balaban J connectivity index is 1.20. The molecule has 0 fully saturated rings. The van der Waals surface area contributed by atoms with Crippen LogP contribution in [0, 0.1) is 0 Å². The first kappa shape index (κ1) is 31.1. The molecule has 0 atom stereocenters. The van der Waals surface area contributed by atoms with Gasteiger partial charge < -0.3 is 4.57 Å². The van der Waals surface area contributed by atoms with Gasteiger partial charge in [-0.2, -0.15) is 0 Å². The van der Waals surface area contributed by atoms with E-state index in [0.29, 0.717) is 17.5 Å². The van der Waals surface area contributed by atoms with Crippen LogP contribution in [-0.2, 0) is 0 Å². The van der Waals surface area contributed by atoms with Gasteiger partial charge in [-0.1, -0.05) is 146 Å². The second-order valence-corrected chi connectivity index (χ2v) is 14.1. The molecule has 256 valence electrons. The van der Waals surface area contributed by atoms with Crippen LogP contribution >= 0.6 is 0 Å². The number of para-hydroxylation sites is 1. The first-order valence-corrected chi connectivity index (χ1v) is 18.6. The number of nitrogens with zero attached hydrogens (tertiary/aromatic N) is 4. The third-order valence-electron chi connectivity index (χ3n) is 10.8. The van der Waals surface area contributed by atoms with Crippen LogP contribution in [0.15, 0.2) is 194 Å². The van der Waals surface area contributed by atoms with Crippen molar-refractivity contribution in [1.29, 1.82) is 0 Å². The molecule has 0 saturated heterocycles. The van der Waals surface area contributed by atoms with Crippen LogP contribution in [0.5, 0.6) is 0 Å². The van der Waals surface area contributed by atoms with Crippen LogP contribution in [0.3, 0.4) is 0 Å². The minimum absolute atomic E-state index is 0.634. The van der Waals surface area contributed by atoms with Crippen LogP contribution in [0.1, 0.15) is 0 Å². The molecule has 0 saturated carbocycles. The predicted molar refractivity (Wildman–Crippen MR) is 228 cm³/mol. The molecule has 4 heteroatoms. The Kier molecular flexibility index (Phi) is 7.14. The molecule has 11 aromatic rings. The lowest BCUT2D eigenvalue weighted by molar-refractivity contribution is 1.08. The SMILES string of the molecule is c1ccc(-c2nc(-c3cc(-c4ccc5ccccc5c4)cc4ccccc34)nc(-c3cccc4c3c3cc5ccccc5cc3n4-c3ccccc3)n2)cc1. The summed E-state index contributed by atoms with van der Waals surface area (Å²) in [5.74, 6) is 1.90. The number of fused-ring (bicyclic) bond motifs is 6. The van der Waals surface area contributed by atoms with E-state index in [2.05, 4.69) is 180 Å². The normalized spacial score (nSPS) is 11.6. The number of hydrogen-bond acceptors (Lipinski definition) is 3. The largest absolute Gasteiger partial charge is 0.309 e. The molecule has 0 aliphatic heterocycles. The van der Waals surface area contributed by atoms with Crippen molar-refractivity contribution in [2.45, 2.75) is 0 Å². The Morgan fingerprint density at radius 3 is 1.69 bits per heavy atom. The van der Waals surface area contributed by atoms with Crippen LogP contribution in [0.4, 0.5) is 0 Å². The molecule has 2 aromatic heterocycles. The first-order chi connectivity index (χ1) is 27.2. The highest BCUT2D eigenvalue weighted by Gasteiger charge is 2.21. The van der Waals surface area contributed by atoms with Crippen LogP contribution in [0.25, 0.3) is 105 Å². The van der Waals surface area contributed by atoms with Crippen molar-refractivity contribution in [3.63, 3.8) is 0 Å². The zero-order valence-electron chi connectivity index (χ0n) is 29.8. The van der Waals surface area contributed by atoms with E-state index in [0.717, 1.165) is 66.1 Å². The van der Waals surface area contributed by atoms with Gasteiger partial charge in [-0.15, -0.1) is 0 Å². The van der Waals surface area contributed by atoms with Gasteiger partial charge in [0.25, 0.3) is 0 Å². The van der Waals surface area contributed by atoms with E-state index in [4.69, 9.17) is 15.0 Å². The average Bonchev–Trinajstić information content (AvgIpc) is 3.58. The average molecular weight is 701 g/mol. The summed E-state index contributed by atoms with van der Waals surface area (Å²) in [7, 11) is 0. The fourth-order valence-electron chi connectivity index (χ4n) is 8.16. The van der Waals surface area contributed by atoms with E-state index >= 15 is 0 Å². The van der Waals surface area contributed by atoms with Crippen molar-refractivity contribution in [1.82, 2.24) is 19.5 Å². The van der Waals surface area contributed by atoms with Crippen molar-refractivity contribution < 1.29 is 0 Å². The Bertz CT molecular complexity index is 3260. The lowest BCUT2D eigenvalue weighted by Crippen LogP contribution is -2.01. The first-order valence-electron chi connectivity index (χ1n) is 18.6. The summed E-state index contributed by atoms with van der Waals surface area (Å²) >= 11 is 0. The van der Waals surface area contributed by atoms with Gasteiger partial charge in [-0.25, -0.2) is 15.0 Å². The van der Waals surface area contributed by atoms with Gasteiger partial charge in [-0.3, -0.25) is 0 Å². The molecule has 0 unspecified atom stereocenters. The van der Waals surface area contributed by atoms with E-state index in [1.165, 1.54) is 21.5 Å². The van der Waals surface area contributed by atoms with Gasteiger partial charge in [0, 0.05) is 33.2 Å². The minimum Gasteiger partial charge on any atom is -0.309 e. The summed E-state index contributed by atoms with van der Waals surface area (Å²) < 4.78 is 2.36. The third kappa shape index (κ3) is 5.26. The Morgan fingerprint density at radius 2 is 0.909 bits per heavy atom. The van der Waals surface area contributed by atoms with Crippen LogP contribution < -0.4 is 0 Å². The zero-order chi connectivity index (χ0) is 36.3. The molecule has 9 aromatic carbocycles. The molecule has 4 nitrogen and oxygen atoms in total. The topological polar surface area (TPSA) is 43.6 Å². The van der Waals surface area contributed by atoms with E-state index < -0.39 is 0 Å². The van der Waals surface area contributed by atoms with Crippen molar-refractivity contribution in [2.75, 3.05) is 0 Å². The van der Waals surface area contributed by atoms with Gasteiger partial charge in [-0.05, 0) is 92.0 Å². The number of hydrogen-bond donors (Lipinski definition) is 0. The molecule has 11 rings (SSSR count). The lowest BCUT2D eigenvalue weighted by atomic mass is 9.95. The fourth-order valence-corrected chi connectivity index (χ4v) is 8.16. The van der Waals surface area contributed by atoms with Crippen molar-refractivity contribution in [3.8, 4) is 51.0 Å². The quantitative estimate of drug-likeness (QED) is 0.179. The Labute approximate surface area is 317 Å². The van der Waals surface area contributed by atoms with Crippen LogP contribution in [0.2, 0.25) is 0 Å². The molecule has 55 heavy (non-hydrogen) atoms. The predicted octanol–water partition coefficient (Wildman–Crippen LogP) is 13.1. The summed E-state index contributed by atoms with van der Waals surface area (Å²) in [6.45, 7) is 0. The fraction of sp³-hybridized carbons (Fsp3) is 0. The van der Waals surface area contributed by atoms with Crippen molar-refractivity contribution >= 4 is 54.1 Å². The van der Waals surface area contributed by atoms with Crippen molar-refractivity contribution in [2.24, 2.45) is 0 Å². The second kappa shape index (κ2) is 12.6. The Hall–Kier alpha value is -7.43. The maximum absolute atomic E-state index is 5.40. The third-order valence-corrected chi connectivity index (χ3v) is 10.8. The molecule has 0 spiro atoms. The van der Waals surface area contributed by atoms with Gasteiger partial charge in [0.15, 0.2) is 17.5 Å². The maximum atomic E-state index is 5.40. The van der Waals surface area contributed by atoms with E-state index in [1.54, 1.807) is 0 Å². The molecular weight excluding hydrogens is 669 g/mol. The standard InChI is InChI=1S/C51H32N4/c1-3-15-34(16-4-1)49-52-50(43-24-13-25-46-48(43)45-30-36-18-9-10-19-37(36)32-47(45)55(46)41-21-5-2-6-22-41)54-51(53-49)44-31-40(29-39-20-11-12-23-42(39)44)38-27-26-33-14-7-8-17-35(33)28-38/h1-32H. The highest BCUT2D eigenvalue weighted by molar-refractivity contribution is 6.18. The molecule has 0 N–H and O–H groups in total. The summed E-state index contributed by atoms with van der Waals surface area (Å²) in [4.78, 5) is 15.9. The Morgan fingerprint density at radius 1 is 0.309 bits per heavy atom.